The van der Waals surface area contributed by atoms with Gasteiger partial charge < -0.3 is 10.2 Å². The number of anilines is 1. The maximum atomic E-state index is 13.2. The maximum absolute atomic E-state index is 13.2. The molecule has 5 nitrogen and oxygen atoms in total. The van der Waals surface area contributed by atoms with Crippen LogP contribution in [0.4, 0.5) is 5.13 Å². The number of amides is 2. The minimum Gasteiger partial charge on any atom is -0.341 e. The van der Waals surface area contributed by atoms with Gasteiger partial charge in [-0.1, -0.05) is 24.3 Å². The molecule has 1 aliphatic carbocycles. The summed E-state index contributed by atoms with van der Waals surface area (Å²) in [6.45, 7) is 1.26. The van der Waals surface area contributed by atoms with Gasteiger partial charge in [-0.25, -0.2) is 4.98 Å². The van der Waals surface area contributed by atoms with E-state index in [4.69, 9.17) is 0 Å². The number of thiazole rings is 1. The van der Waals surface area contributed by atoms with Crippen LogP contribution in [-0.4, -0.2) is 34.8 Å². The minimum absolute atomic E-state index is 0.0264. The van der Waals surface area contributed by atoms with Crippen LogP contribution in [-0.2, 0) is 16.0 Å². The fourth-order valence-electron chi connectivity index (χ4n) is 4.11. The van der Waals surface area contributed by atoms with Crippen LogP contribution in [0.3, 0.4) is 0 Å². The number of carbonyl (C=O) groups is 2. The van der Waals surface area contributed by atoms with Gasteiger partial charge in [0.15, 0.2) is 5.13 Å². The van der Waals surface area contributed by atoms with Crippen LogP contribution in [0, 0.1) is 5.92 Å². The third kappa shape index (κ3) is 3.51. The SMILES string of the molecule is O=C(Nc1nccs1)[C@@H]1CCCN(C(=O)[C@H]2CCCc3ccccc32)C1. The van der Waals surface area contributed by atoms with Crippen LogP contribution in [0.1, 0.15) is 42.7 Å². The Morgan fingerprint density at radius 2 is 2.08 bits per heavy atom. The maximum Gasteiger partial charge on any atom is 0.231 e. The lowest BCUT2D eigenvalue weighted by atomic mass is 9.81. The van der Waals surface area contributed by atoms with Crippen molar-refractivity contribution in [3.63, 3.8) is 0 Å². The molecule has 0 saturated carbocycles. The summed E-state index contributed by atoms with van der Waals surface area (Å²) in [7, 11) is 0. The summed E-state index contributed by atoms with van der Waals surface area (Å²) < 4.78 is 0. The molecule has 6 heteroatoms. The fourth-order valence-corrected chi connectivity index (χ4v) is 4.65. The van der Waals surface area contributed by atoms with Gasteiger partial charge in [0.1, 0.15) is 0 Å². The van der Waals surface area contributed by atoms with Gasteiger partial charge in [0.05, 0.1) is 11.8 Å². The Kier molecular flexibility index (Phi) is 5.02. The van der Waals surface area contributed by atoms with Crippen molar-refractivity contribution in [1.29, 1.82) is 0 Å². The summed E-state index contributed by atoms with van der Waals surface area (Å²) in [5.41, 5.74) is 2.48. The standard InChI is InChI=1S/C20H23N3O2S/c24-18(22-20-21-10-12-26-20)15-7-4-11-23(13-15)19(25)17-9-3-6-14-5-1-2-8-16(14)17/h1-2,5,8,10,12,15,17H,3-4,6-7,9,11,13H2,(H,21,22,24)/t15-,17+/m1/s1. The van der Waals surface area contributed by atoms with Crippen LogP contribution in [0.15, 0.2) is 35.8 Å². The van der Waals surface area contributed by atoms with E-state index >= 15 is 0 Å². The lowest BCUT2D eigenvalue weighted by molar-refractivity contribution is -0.136. The van der Waals surface area contributed by atoms with Crippen LogP contribution < -0.4 is 5.32 Å². The summed E-state index contributed by atoms with van der Waals surface area (Å²) >= 11 is 1.41. The van der Waals surface area contributed by atoms with E-state index in [0.717, 1.165) is 38.6 Å². The second kappa shape index (κ2) is 7.58. The van der Waals surface area contributed by atoms with E-state index in [9.17, 15) is 9.59 Å². The molecule has 1 aromatic heterocycles. The van der Waals surface area contributed by atoms with Crippen LogP contribution in [0.5, 0.6) is 0 Å². The quantitative estimate of drug-likeness (QED) is 0.901. The van der Waals surface area contributed by atoms with Crippen molar-refractivity contribution in [2.45, 2.75) is 38.0 Å². The molecule has 0 unspecified atom stereocenters. The molecule has 136 valence electrons. The molecule has 1 aliphatic heterocycles. The lowest BCUT2D eigenvalue weighted by Crippen LogP contribution is -2.46. The number of carbonyl (C=O) groups excluding carboxylic acids is 2. The molecule has 1 saturated heterocycles. The van der Waals surface area contributed by atoms with Gasteiger partial charge in [-0.2, -0.15) is 0 Å². The number of nitrogens with one attached hydrogen (secondary N) is 1. The smallest absolute Gasteiger partial charge is 0.231 e. The Morgan fingerprint density at radius 1 is 1.19 bits per heavy atom. The second-order valence-corrected chi connectivity index (χ2v) is 7.99. The normalized spacial score (nSPS) is 22.5. The van der Waals surface area contributed by atoms with Crippen molar-refractivity contribution in [2.24, 2.45) is 5.92 Å². The van der Waals surface area contributed by atoms with E-state index in [1.54, 1.807) is 6.20 Å². The molecule has 1 N–H and O–H groups in total. The molecular formula is C20H23N3O2S. The molecule has 0 radical (unpaired) electrons. The van der Waals surface area contributed by atoms with Crippen molar-refractivity contribution >= 4 is 28.3 Å². The van der Waals surface area contributed by atoms with Gasteiger partial charge in [0, 0.05) is 24.7 Å². The highest BCUT2D eigenvalue weighted by molar-refractivity contribution is 7.13. The van der Waals surface area contributed by atoms with Gasteiger partial charge >= 0.3 is 0 Å². The highest BCUT2D eigenvalue weighted by atomic mass is 32.1. The number of benzene rings is 1. The Labute approximate surface area is 157 Å². The summed E-state index contributed by atoms with van der Waals surface area (Å²) in [4.78, 5) is 31.7. The first-order chi connectivity index (χ1) is 12.7. The lowest BCUT2D eigenvalue weighted by Gasteiger charge is -2.36. The molecule has 2 heterocycles. The predicted molar refractivity (Wildman–Crippen MR) is 102 cm³/mol. The van der Waals surface area contributed by atoms with Crippen LogP contribution in [0.2, 0.25) is 0 Å². The van der Waals surface area contributed by atoms with E-state index in [-0.39, 0.29) is 23.7 Å². The summed E-state index contributed by atoms with van der Waals surface area (Å²) in [6.07, 6.45) is 6.38. The number of hydrogen-bond acceptors (Lipinski definition) is 4. The van der Waals surface area contributed by atoms with Gasteiger partial charge in [-0.15, -0.1) is 11.3 Å². The van der Waals surface area contributed by atoms with Gasteiger partial charge in [0.2, 0.25) is 11.8 Å². The third-order valence-electron chi connectivity index (χ3n) is 5.43. The van der Waals surface area contributed by atoms with Crippen molar-refractivity contribution in [2.75, 3.05) is 18.4 Å². The highest BCUT2D eigenvalue weighted by Crippen LogP contribution is 2.34. The molecule has 26 heavy (non-hydrogen) atoms. The van der Waals surface area contributed by atoms with E-state index in [1.807, 2.05) is 22.4 Å². The van der Waals surface area contributed by atoms with E-state index < -0.39 is 0 Å². The van der Waals surface area contributed by atoms with E-state index in [1.165, 1.54) is 22.5 Å². The van der Waals surface area contributed by atoms with Crippen molar-refractivity contribution < 1.29 is 9.59 Å². The molecular weight excluding hydrogens is 346 g/mol. The zero-order valence-electron chi connectivity index (χ0n) is 14.7. The molecule has 1 aromatic carbocycles. The molecule has 2 aliphatic rings. The molecule has 4 rings (SSSR count). The van der Waals surface area contributed by atoms with Gasteiger partial charge in [0.25, 0.3) is 0 Å². The third-order valence-corrected chi connectivity index (χ3v) is 6.12. The van der Waals surface area contributed by atoms with Crippen molar-refractivity contribution in [1.82, 2.24) is 9.88 Å². The number of rotatable bonds is 3. The molecule has 2 amide bonds. The largest absolute Gasteiger partial charge is 0.341 e. The first-order valence-electron chi connectivity index (χ1n) is 9.29. The number of fused-ring (bicyclic) bond motifs is 1. The Balaban J connectivity index is 1.44. The van der Waals surface area contributed by atoms with Gasteiger partial charge in [-0.3, -0.25) is 9.59 Å². The summed E-state index contributed by atoms with van der Waals surface area (Å²) in [6, 6.07) is 8.29. The molecule has 0 bridgehead atoms. The predicted octanol–water partition coefficient (Wildman–Crippen LogP) is 3.44. The summed E-state index contributed by atoms with van der Waals surface area (Å²) in [5.74, 6) is -0.0541. The monoisotopic (exact) mass is 369 g/mol. The molecule has 2 aromatic rings. The Hall–Kier alpha value is -2.21. The van der Waals surface area contributed by atoms with Gasteiger partial charge in [-0.05, 0) is 43.2 Å². The molecule has 1 fully saturated rings. The van der Waals surface area contributed by atoms with E-state index in [2.05, 4.69) is 22.4 Å². The van der Waals surface area contributed by atoms with E-state index in [0.29, 0.717) is 11.7 Å². The number of likely N-dealkylation sites (tertiary alicyclic amines) is 1. The topological polar surface area (TPSA) is 62.3 Å². The average molecular weight is 369 g/mol. The average Bonchev–Trinajstić information content (AvgIpc) is 3.20. The number of nitrogens with zero attached hydrogens (tertiary/aromatic N) is 2. The number of aryl methyl sites for hydroxylation is 1. The Bertz CT molecular complexity index is 790. The molecule has 0 spiro atoms. The Morgan fingerprint density at radius 3 is 2.92 bits per heavy atom. The first kappa shape index (κ1) is 17.2. The minimum atomic E-state index is -0.157. The number of aromatic nitrogens is 1. The van der Waals surface area contributed by atoms with Crippen LogP contribution >= 0.6 is 11.3 Å². The van der Waals surface area contributed by atoms with Crippen molar-refractivity contribution in [3.05, 3.63) is 47.0 Å². The van der Waals surface area contributed by atoms with Crippen LogP contribution in [0.25, 0.3) is 0 Å². The summed E-state index contributed by atoms with van der Waals surface area (Å²) in [5, 5.41) is 5.34. The highest BCUT2D eigenvalue weighted by Gasteiger charge is 2.34. The number of piperidine rings is 1. The fraction of sp³-hybridized carbons (Fsp3) is 0.450. The molecule has 2 atom stereocenters. The first-order valence-corrected chi connectivity index (χ1v) is 10.2. The van der Waals surface area contributed by atoms with Crippen molar-refractivity contribution in [3.8, 4) is 0 Å². The number of hydrogen-bond donors (Lipinski definition) is 1. The second-order valence-electron chi connectivity index (χ2n) is 7.09. The zero-order valence-corrected chi connectivity index (χ0v) is 15.5. The zero-order chi connectivity index (χ0) is 17.9.